The average Bonchev–Trinajstić information content (AvgIpc) is 3.59. The zero-order chi connectivity index (χ0) is 26.8. The molecule has 1 saturated heterocycles. The smallest absolute Gasteiger partial charge is 0.194 e. The van der Waals surface area contributed by atoms with Gasteiger partial charge in [0.1, 0.15) is 35.5 Å². The first-order valence-electron chi connectivity index (χ1n) is 11.1. The molecule has 1 aliphatic rings. The van der Waals surface area contributed by atoms with Crippen molar-refractivity contribution in [3.63, 3.8) is 0 Å². The first kappa shape index (κ1) is 27.2. The predicted molar refractivity (Wildman–Crippen MR) is 135 cm³/mol. The van der Waals surface area contributed by atoms with E-state index in [0.717, 1.165) is 21.5 Å². The highest BCUT2D eigenvalue weighted by molar-refractivity contribution is 9.10. The van der Waals surface area contributed by atoms with Crippen molar-refractivity contribution in [3.8, 4) is 11.3 Å². The number of pyridine rings is 1. The largest absolute Gasteiger partial charge is 0.394 e. The molecule has 5 rings (SSSR count). The number of aliphatic hydroxyl groups is 2. The van der Waals surface area contributed by atoms with Crippen LogP contribution >= 0.6 is 39.0 Å². The lowest BCUT2D eigenvalue weighted by Crippen LogP contribution is -2.55. The van der Waals surface area contributed by atoms with Crippen molar-refractivity contribution >= 4 is 39.0 Å². The summed E-state index contributed by atoms with van der Waals surface area (Å²) in [6.07, 6.45) is 1.47. The van der Waals surface area contributed by atoms with Crippen LogP contribution in [0, 0.1) is 17.5 Å². The summed E-state index contributed by atoms with van der Waals surface area (Å²) in [5.41, 5.74) is 1.58. The Bertz CT molecular complexity index is 1380. The maximum Gasteiger partial charge on any atom is 0.194 e. The lowest BCUT2D eigenvalue weighted by Gasteiger charge is -2.43. The summed E-state index contributed by atoms with van der Waals surface area (Å²) >= 11 is 6.06. The Morgan fingerprint density at radius 3 is 2.66 bits per heavy atom. The number of benzene rings is 1. The quantitative estimate of drug-likeness (QED) is 0.279. The molecule has 1 aromatic carbocycles. The Hall–Kier alpha value is -2.40. The Kier molecular flexibility index (Phi) is 8.42. The number of thioether (sulfide) groups is 1. The van der Waals surface area contributed by atoms with Crippen LogP contribution < -0.4 is 0 Å². The lowest BCUT2D eigenvalue weighted by molar-refractivity contribution is -0.196. The number of aromatic nitrogens is 5. The minimum absolute atomic E-state index is 0.0423. The van der Waals surface area contributed by atoms with E-state index < -0.39 is 53.8 Å². The molecule has 4 heterocycles. The Balaban J connectivity index is 1.51. The fourth-order valence-corrected chi connectivity index (χ4v) is 6.19. The second kappa shape index (κ2) is 11.8. The average molecular weight is 630 g/mol. The van der Waals surface area contributed by atoms with E-state index in [0.29, 0.717) is 5.69 Å². The van der Waals surface area contributed by atoms with Crippen LogP contribution in [0.25, 0.3) is 11.3 Å². The van der Waals surface area contributed by atoms with Crippen molar-refractivity contribution in [2.45, 2.75) is 41.3 Å². The summed E-state index contributed by atoms with van der Waals surface area (Å²) in [4.78, 5) is 9.12. The lowest BCUT2D eigenvalue weighted by atomic mass is 9.97. The minimum Gasteiger partial charge on any atom is -0.394 e. The molecule has 5 atom stereocenters. The zero-order valence-electron chi connectivity index (χ0n) is 19.2. The summed E-state index contributed by atoms with van der Waals surface area (Å²) in [6, 6.07) is 2.50. The molecule has 0 bridgehead atoms. The molecular weight excluding hydrogens is 611 g/mol. The maximum atomic E-state index is 13.8. The molecular formula is C23H19BrF3N5O4S2. The molecule has 2 N–H and O–H groups in total. The topological polar surface area (TPSA) is 115 Å². The van der Waals surface area contributed by atoms with E-state index in [4.69, 9.17) is 9.47 Å². The summed E-state index contributed by atoms with van der Waals surface area (Å²) in [5.74, 6) is -4.33. The first-order chi connectivity index (χ1) is 18.3. The molecule has 2 unspecified atom stereocenters. The van der Waals surface area contributed by atoms with Gasteiger partial charge in [-0.1, -0.05) is 17.0 Å². The summed E-state index contributed by atoms with van der Waals surface area (Å²) in [7, 11) is 0. The van der Waals surface area contributed by atoms with Crippen LogP contribution in [0.3, 0.4) is 0 Å². The normalized spacial score (nSPS) is 23.6. The highest BCUT2D eigenvalue weighted by Crippen LogP contribution is 2.40. The molecule has 3 aromatic heterocycles. The van der Waals surface area contributed by atoms with E-state index in [9.17, 15) is 23.4 Å². The van der Waals surface area contributed by atoms with Gasteiger partial charge in [0.15, 0.2) is 17.5 Å². The van der Waals surface area contributed by atoms with Gasteiger partial charge in [0.2, 0.25) is 0 Å². The Labute approximate surface area is 230 Å². The molecule has 0 spiro atoms. The molecule has 0 radical (unpaired) electrons. The number of thiazole rings is 1. The molecule has 38 heavy (non-hydrogen) atoms. The molecule has 1 fully saturated rings. The number of rotatable bonds is 8. The second-order valence-corrected chi connectivity index (χ2v) is 11.1. The van der Waals surface area contributed by atoms with Gasteiger partial charge < -0.3 is 19.7 Å². The fourth-order valence-electron chi connectivity index (χ4n) is 3.97. The number of hydrogen-bond acceptors (Lipinski definition) is 10. The van der Waals surface area contributed by atoms with Gasteiger partial charge in [-0.3, -0.25) is 4.98 Å². The molecule has 0 saturated carbocycles. The molecule has 200 valence electrons. The van der Waals surface area contributed by atoms with E-state index >= 15 is 0 Å². The SMILES string of the molecule is OCC1O[C@H](Sc2cncc(Br)c2)C(OCc2cscn2)[C@@H](n2cc(-c3cc(F)c(F)c(F)c3)nn2)[C@H]1O. The van der Waals surface area contributed by atoms with Gasteiger partial charge in [-0.25, -0.2) is 22.8 Å². The van der Waals surface area contributed by atoms with Gasteiger partial charge in [-0.15, -0.1) is 16.4 Å². The van der Waals surface area contributed by atoms with E-state index in [1.165, 1.54) is 34.0 Å². The second-order valence-electron chi connectivity index (χ2n) is 8.26. The van der Waals surface area contributed by atoms with Crippen molar-refractivity contribution in [2.75, 3.05) is 6.61 Å². The fraction of sp³-hybridized carbons (Fsp3) is 0.304. The molecule has 1 aliphatic heterocycles. The monoisotopic (exact) mass is 629 g/mol. The van der Waals surface area contributed by atoms with E-state index in [-0.39, 0.29) is 17.9 Å². The third kappa shape index (κ3) is 5.78. The Morgan fingerprint density at radius 1 is 1.18 bits per heavy atom. The highest BCUT2D eigenvalue weighted by atomic mass is 79.9. The van der Waals surface area contributed by atoms with Gasteiger partial charge in [0.05, 0.1) is 30.6 Å². The summed E-state index contributed by atoms with van der Waals surface area (Å²) < 4.78 is 55.4. The third-order valence-electron chi connectivity index (χ3n) is 5.76. The summed E-state index contributed by atoms with van der Waals surface area (Å²) in [6.45, 7) is -0.408. The predicted octanol–water partition coefficient (Wildman–Crippen LogP) is 3.97. The van der Waals surface area contributed by atoms with Crippen LogP contribution in [-0.4, -0.2) is 65.5 Å². The number of nitrogens with zero attached hydrogens (tertiary/aromatic N) is 5. The van der Waals surface area contributed by atoms with Gasteiger partial charge >= 0.3 is 0 Å². The number of hydrogen-bond donors (Lipinski definition) is 2. The molecule has 0 aliphatic carbocycles. The van der Waals surface area contributed by atoms with Crippen molar-refractivity contribution in [1.82, 2.24) is 25.0 Å². The Morgan fingerprint density at radius 2 is 1.97 bits per heavy atom. The summed E-state index contributed by atoms with van der Waals surface area (Å²) in [5, 5.41) is 31.0. The van der Waals surface area contributed by atoms with Crippen LogP contribution in [0.5, 0.6) is 0 Å². The third-order valence-corrected chi connectivity index (χ3v) is 7.94. The van der Waals surface area contributed by atoms with E-state index in [1.54, 1.807) is 17.9 Å². The van der Waals surface area contributed by atoms with Gasteiger partial charge in [0.25, 0.3) is 0 Å². The molecule has 4 aromatic rings. The number of ether oxygens (including phenoxy) is 2. The molecule has 0 amide bonds. The van der Waals surface area contributed by atoms with E-state index in [2.05, 4.69) is 36.2 Å². The van der Waals surface area contributed by atoms with Crippen LogP contribution in [-0.2, 0) is 16.1 Å². The maximum absolute atomic E-state index is 13.8. The standard InChI is InChI=1S/C23H19BrF3N5O4S2/c24-12-3-14(5-28-4-12)38-23-22(35-8-13-9-37-10-29-13)20(21(34)18(7-33)36-23)32-6-17(30-31-32)11-1-15(25)19(27)16(26)2-11/h1-6,9-10,18,20-23,33-34H,7-8H2/t18?,20-,21-,22?,23+/m0/s1. The minimum atomic E-state index is -1.59. The number of halogens is 4. The van der Waals surface area contributed by atoms with E-state index in [1.807, 2.05) is 11.4 Å². The van der Waals surface area contributed by atoms with Crippen molar-refractivity contribution < 1.29 is 32.9 Å². The van der Waals surface area contributed by atoms with Gasteiger partial charge in [-0.05, 0) is 34.1 Å². The van der Waals surface area contributed by atoms with Crippen LogP contribution in [0.2, 0.25) is 0 Å². The van der Waals surface area contributed by atoms with Crippen molar-refractivity contribution in [3.05, 3.63) is 75.3 Å². The van der Waals surface area contributed by atoms with Crippen molar-refractivity contribution in [2.24, 2.45) is 0 Å². The van der Waals surface area contributed by atoms with Gasteiger partial charge in [0, 0.05) is 32.7 Å². The number of aliphatic hydroxyl groups excluding tert-OH is 2. The van der Waals surface area contributed by atoms with Crippen molar-refractivity contribution in [1.29, 1.82) is 0 Å². The van der Waals surface area contributed by atoms with Crippen LogP contribution in [0.4, 0.5) is 13.2 Å². The molecule has 9 nitrogen and oxygen atoms in total. The first-order valence-corrected chi connectivity index (χ1v) is 13.7. The van der Waals surface area contributed by atoms with Gasteiger partial charge in [-0.2, -0.15) is 0 Å². The molecule has 15 heteroatoms. The van der Waals surface area contributed by atoms with Crippen LogP contribution in [0.15, 0.2) is 57.0 Å². The van der Waals surface area contributed by atoms with Crippen LogP contribution in [0.1, 0.15) is 11.7 Å². The zero-order valence-corrected chi connectivity index (χ0v) is 22.4. The highest BCUT2D eigenvalue weighted by Gasteiger charge is 2.48.